The minimum atomic E-state index is -4.79. The monoisotopic (exact) mass is 1350 g/mol. The Labute approximate surface area is 555 Å². The molecular formula is C73H57O16PS4. The highest BCUT2D eigenvalue weighted by Crippen LogP contribution is 2.55. The van der Waals surface area contributed by atoms with E-state index in [4.69, 9.17) is 38.2 Å². The molecule has 1 aliphatic heterocycles. The Kier molecular flexibility index (Phi) is 21.0. The SMILES string of the molecule is COc1ccc(OCOc2ccc(SC)cc2)cc1P1(=O)Oc2ccccc2-c2ccccc21.Cc1ccc(Oc2ccc(C(=O)c3ccc(Oc4ccc(Sc5ccc(Oc6ccc(C(=O)c7ccc(C)c(SOOO)c7)cc6S(=O)(=O)O)cc5)cc4)cc3)cc2)cc1. The van der Waals surface area contributed by atoms with Crippen LogP contribution in [0.5, 0.6) is 57.5 Å². The number of hydrogen-bond donors (Lipinski definition) is 2. The molecule has 11 aromatic carbocycles. The number of carbonyl (C=O) groups is 2. The minimum absolute atomic E-state index is 0.00865. The first-order valence-electron chi connectivity index (χ1n) is 28.8. The van der Waals surface area contributed by atoms with E-state index >= 15 is 0 Å². The van der Waals surface area contributed by atoms with E-state index in [0.29, 0.717) is 84.7 Å². The number of ketones is 2. The second-order valence-corrected chi connectivity index (χ2v) is 27.2. The highest BCUT2D eigenvalue weighted by molar-refractivity contribution is 7.99. The van der Waals surface area contributed by atoms with Gasteiger partial charge in [0.15, 0.2) is 11.6 Å². The van der Waals surface area contributed by atoms with Gasteiger partial charge in [-0.2, -0.15) is 8.42 Å². The average Bonchev–Trinajstić information content (AvgIpc) is 0.735. The molecule has 1 atom stereocenters. The molecule has 16 nitrogen and oxygen atoms in total. The lowest BCUT2D eigenvalue weighted by molar-refractivity contribution is -0.432. The van der Waals surface area contributed by atoms with Gasteiger partial charge < -0.3 is 32.9 Å². The number of ether oxygens (including phenoxy) is 6. The first-order chi connectivity index (χ1) is 45.5. The van der Waals surface area contributed by atoms with Crippen molar-refractivity contribution in [1.29, 1.82) is 0 Å². The van der Waals surface area contributed by atoms with Crippen LogP contribution in [0.3, 0.4) is 0 Å². The van der Waals surface area contributed by atoms with E-state index in [9.17, 15) is 27.1 Å². The molecule has 12 rings (SSSR count). The maximum absolute atomic E-state index is 14.5. The molecule has 1 unspecified atom stereocenters. The van der Waals surface area contributed by atoms with Crippen molar-refractivity contribution >= 4 is 75.2 Å². The Morgan fingerprint density at radius 2 is 0.979 bits per heavy atom. The third kappa shape index (κ3) is 16.1. The van der Waals surface area contributed by atoms with Crippen LogP contribution >= 0.6 is 42.9 Å². The lowest BCUT2D eigenvalue weighted by atomic mass is 10.0. The Hall–Kier alpha value is -9.57. The molecule has 0 bridgehead atoms. The molecule has 0 saturated carbocycles. The summed E-state index contributed by atoms with van der Waals surface area (Å²) in [6, 6.07) is 72.8. The van der Waals surface area contributed by atoms with E-state index in [1.54, 1.807) is 129 Å². The third-order valence-electron chi connectivity index (χ3n) is 14.5. The largest absolute Gasteiger partial charge is 0.496 e. The molecule has 474 valence electrons. The van der Waals surface area contributed by atoms with Gasteiger partial charge in [-0.25, -0.2) is 5.26 Å². The van der Waals surface area contributed by atoms with Gasteiger partial charge in [0.05, 0.1) is 29.8 Å². The summed E-state index contributed by atoms with van der Waals surface area (Å²) in [4.78, 5) is 29.3. The van der Waals surface area contributed by atoms with Crippen LogP contribution in [0.25, 0.3) is 11.1 Å². The average molecular weight is 1350 g/mol. The van der Waals surface area contributed by atoms with Gasteiger partial charge in [-0.3, -0.25) is 18.7 Å². The van der Waals surface area contributed by atoms with Crippen LogP contribution in [0.2, 0.25) is 0 Å². The molecule has 0 radical (unpaired) electrons. The van der Waals surface area contributed by atoms with Crippen LogP contribution in [-0.2, 0) is 24.1 Å². The Morgan fingerprint density at radius 3 is 1.57 bits per heavy atom. The van der Waals surface area contributed by atoms with E-state index in [2.05, 4.69) is 9.37 Å². The van der Waals surface area contributed by atoms with Crippen molar-refractivity contribution in [3.8, 4) is 68.6 Å². The fourth-order valence-electron chi connectivity index (χ4n) is 9.71. The molecule has 0 spiro atoms. The van der Waals surface area contributed by atoms with Gasteiger partial charge in [-0.15, -0.1) is 16.1 Å². The molecule has 1 aliphatic rings. The normalized spacial score (nSPS) is 13.0. The van der Waals surface area contributed by atoms with Crippen LogP contribution < -0.4 is 43.6 Å². The van der Waals surface area contributed by atoms with Crippen molar-refractivity contribution in [2.24, 2.45) is 0 Å². The zero-order valence-electron chi connectivity index (χ0n) is 50.6. The summed E-state index contributed by atoms with van der Waals surface area (Å²) < 4.78 is 94.9. The fourth-order valence-corrected chi connectivity index (χ4v) is 14.5. The highest BCUT2D eigenvalue weighted by Gasteiger charge is 2.40. The Balaban J connectivity index is 0.000000223. The lowest BCUT2D eigenvalue weighted by Gasteiger charge is -2.29. The van der Waals surface area contributed by atoms with E-state index < -0.39 is 28.2 Å². The van der Waals surface area contributed by atoms with Crippen molar-refractivity contribution in [2.45, 2.75) is 38.3 Å². The number of thioether (sulfide) groups is 1. The standard InChI is InChI=1S/C46H34O11S3.C27H23O5PS/c1-29-3-12-35(13-4-29)53-36-14-7-31(8-15-36)45(47)32-9-16-37(17-10-32)54-38-18-22-40(23-19-38)58-41-24-20-39(21-25-41)55-42-26-11-34(28-44(42)60(50,51)52)46(48)33-6-5-30(2)43(27-33)59-57-56-49;1-29-25-16-13-20(31-18-30-19-11-14-21(34-2)15-12-19)17-27(25)33(28)26-10-6-4-8-23(26)22-7-3-5-9-24(22)32-33/h3-28,49H,1-2H3,(H,50,51,52);3-17H,18H2,1-2H3. The summed E-state index contributed by atoms with van der Waals surface area (Å²) in [5, 5.41) is 13.2. The number of fused-ring (bicyclic) bond motifs is 3. The van der Waals surface area contributed by atoms with Crippen LogP contribution in [0, 0.1) is 13.8 Å². The van der Waals surface area contributed by atoms with Crippen molar-refractivity contribution in [3.05, 3.63) is 282 Å². The van der Waals surface area contributed by atoms with Crippen LogP contribution in [0.15, 0.2) is 273 Å². The zero-order valence-corrected chi connectivity index (χ0v) is 54.7. The van der Waals surface area contributed by atoms with Crippen molar-refractivity contribution in [3.63, 3.8) is 0 Å². The maximum Gasteiger partial charge on any atom is 0.311 e. The summed E-state index contributed by atoms with van der Waals surface area (Å²) in [7, 11) is -6.76. The molecule has 21 heteroatoms. The number of aryl methyl sites for hydroxylation is 2. The first kappa shape index (κ1) is 65.9. The highest BCUT2D eigenvalue weighted by atomic mass is 32.2. The van der Waals surface area contributed by atoms with Gasteiger partial charge in [-0.1, -0.05) is 83.0 Å². The van der Waals surface area contributed by atoms with Crippen LogP contribution in [0.4, 0.5) is 0 Å². The van der Waals surface area contributed by atoms with Crippen LogP contribution in [0.1, 0.15) is 43.0 Å². The van der Waals surface area contributed by atoms with Gasteiger partial charge in [0.25, 0.3) is 10.1 Å². The van der Waals surface area contributed by atoms with E-state index in [1.807, 2.05) is 135 Å². The maximum atomic E-state index is 14.5. The lowest BCUT2D eigenvalue weighted by Crippen LogP contribution is -2.26. The fraction of sp³-hybridized carbons (Fsp3) is 0.0685. The first-order valence-corrected chi connectivity index (χ1v) is 34.6. The molecule has 0 fully saturated rings. The number of carbonyl (C=O) groups excluding carboxylic acids is 2. The number of para-hydroxylation sites is 1. The predicted molar refractivity (Wildman–Crippen MR) is 363 cm³/mol. The minimum Gasteiger partial charge on any atom is -0.496 e. The van der Waals surface area contributed by atoms with Gasteiger partial charge in [0, 0.05) is 47.4 Å². The molecule has 2 N–H and O–H groups in total. The third-order valence-corrected chi connectivity index (χ3v) is 20.4. The zero-order chi connectivity index (χ0) is 65.8. The number of benzene rings is 11. The molecule has 0 amide bonds. The predicted octanol–water partition coefficient (Wildman–Crippen LogP) is 18.1. The topological polar surface area (TPSA) is 209 Å². The number of hydrogen-bond acceptors (Lipinski definition) is 18. The summed E-state index contributed by atoms with van der Waals surface area (Å²) in [5.41, 5.74) is 4.95. The quantitative estimate of drug-likeness (QED) is 0.00891. The van der Waals surface area contributed by atoms with Crippen molar-refractivity contribution < 1.29 is 74.7 Å². The summed E-state index contributed by atoms with van der Waals surface area (Å²) >= 11 is 3.84. The smallest absolute Gasteiger partial charge is 0.311 e. The molecule has 94 heavy (non-hydrogen) atoms. The Bertz CT molecular complexity index is 4670. The second kappa shape index (κ2) is 30.0. The van der Waals surface area contributed by atoms with Gasteiger partial charge in [0.2, 0.25) is 6.79 Å². The second-order valence-electron chi connectivity index (χ2n) is 20.8. The van der Waals surface area contributed by atoms with Gasteiger partial charge >= 0.3 is 7.37 Å². The van der Waals surface area contributed by atoms with Crippen LogP contribution in [-0.4, -0.2) is 50.0 Å². The van der Waals surface area contributed by atoms with Crippen molar-refractivity contribution in [1.82, 2.24) is 0 Å². The number of rotatable bonds is 23. The molecule has 11 aromatic rings. The molecule has 1 heterocycles. The molecule has 0 saturated heterocycles. The van der Waals surface area contributed by atoms with E-state index in [-0.39, 0.29) is 29.5 Å². The van der Waals surface area contributed by atoms with Gasteiger partial charge in [-0.05, 0) is 219 Å². The Morgan fingerprint density at radius 1 is 0.500 bits per heavy atom. The van der Waals surface area contributed by atoms with Crippen molar-refractivity contribution in [2.75, 3.05) is 20.2 Å². The molecule has 0 aromatic heterocycles. The van der Waals surface area contributed by atoms with E-state index in [0.717, 1.165) is 48.8 Å². The summed E-state index contributed by atoms with van der Waals surface area (Å²) in [6.07, 6.45) is 2.03. The van der Waals surface area contributed by atoms with E-state index in [1.165, 1.54) is 30.0 Å². The summed E-state index contributed by atoms with van der Waals surface area (Å²) in [6.45, 7) is 3.78. The molecule has 0 aliphatic carbocycles. The van der Waals surface area contributed by atoms with Gasteiger partial charge in [0.1, 0.15) is 62.4 Å². The molecular weight excluding hydrogens is 1290 g/mol. The number of methoxy groups -OCH3 is 1. The summed E-state index contributed by atoms with van der Waals surface area (Å²) in [5.74, 6) is 4.29.